The van der Waals surface area contributed by atoms with Gasteiger partial charge in [0.15, 0.2) is 0 Å². The number of rotatable bonds is 8. The van der Waals surface area contributed by atoms with Crippen LogP contribution < -0.4 is 10.1 Å². The lowest BCUT2D eigenvalue weighted by atomic mass is 10.2. The van der Waals surface area contributed by atoms with Crippen LogP contribution in [0.25, 0.3) is 11.4 Å². The largest absolute Gasteiger partial charge is 0.437 e. The first kappa shape index (κ1) is 20.1. The van der Waals surface area contributed by atoms with E-state index in [-0.39, 0.29) is 18.1 Å². The zero-order chi connectivity index (χ0) is 21.5. The van der Waals surface area contributed by atoms with Gasteiger partial charge in [-0.1, -0.05) is 11.2 Å². The van der Waals surface area contributed by atoms with Gasteiger partial charge in [-0.05, 0) is 42.8 Å². The summed E-state index contributed by atoms with van der Waals surface area (Å²) in [5.41, 5.74) is 1.28. The Bertz CT molecular complexity index is 1150. The maximum atomic E-state index is 13.0. The van der Waals surface area contributed by atoms with E-state index in [1.54, 1.807) is 42.6 Å². The number of aryl methyl sites for hydroxylation is 1. The van der Waals surface area contributed by atoms with Crippen molar-refractivity contribution in [3.8, 4) is 23.0 Å². The van der Waals surface area contributed by atoms with Crippen molar-refractivity contribution in [2.24, 2.45) is 0 Å². The Morgan fingerprint density at radius 1 is 1.13 bits per heavy atom. The van der Waals surface area contributed by atoms with Crippen LogP contribution in [-0.4, -0.2) is 26.0 Å². The van der Waals surface area contributed by atoms with Crippen LogP contribution in [-0.2, 0) is 11.2 Å². The normalized spacial score (nSPS) is 10.6. The van der Waals surface area contributed by atoms with Crippen molar-refractivity contribution < 1.29 is 18.4 Å². The van der Waals surface area contributed by atoms with Crippen molar-refractivity contribution in [1.82, 2.24) is 20.1 Å². The smallest absolute Gasteiger partial charge is 0.237 e. The first-order valence-electron chi connectivity index (χ1n) is 9.58. The Labute approximate surface area is 177 Å². The molecule has 0 fully saturated rings. The Hall–Kier alpha value is -4.14. The average molecular weight is 419 g/mol. The van der Waals surface area contributed by atoms with Gasteiger partial charge in [-0.2, -0.15) is 4.98 Å². The number of benzene rings is 2. The molecule has 9 heteroatoms. The average Bonchev–Trinajstić information content (AvgIpc) is 3.24. The molecule has 2 heterocycles. The summed E-state index contributed by atoms with van der Waals surface area (Å²) in [4.78, 5) is 24.5. The Balaban J connectivity index is 1.26. The van der Waals surface area contributed by atoms with Crippen LogP contribution in [0.4, 0.5) is 10.1 Å². The molecule has 156 valence electrons. The second-order valence-electron chi connectivity index (χ2n) is 6.59. The summed E-state index contributed by atoms with van der Waals surface area (Å²) < 4.78 is 23.8. The Morgan fingerprint density at radius 3 is 2.81 bits per heavy atom. The third-order valence-electron chi connectivity index (χ3n) is 4.24. The van der Waals surface area contributed by atoms with Gasteiger partial charge in [0.2, 0.25) is 23.5 Å². The molecule has 0 aliphatic carbocycles. The maximum Gasteiger partial charge on any atom is 0.237 e. The maximum absolute atomic E-state index is 13.0. The molecule has 1 amide bonds. The van der Waals surface area contributed by atoms with Crippen LogP contribution in [0.2, 0.25) is 0 Å². The van der Waals surface area contributed by atoms with E-state index in [0.717, 1.165) is 0 Å². The molecule has 4 rings (SSSR count). The predicted molar refractivity (Wildman–Crippen MR) is 110 cm³/mol. The van der Waals surface area contributed by atoms with Crippen LogP contribution in [0.3, 0.4) is 0 Å². The first-order valence-corrected chi connectivity index (χ1v) is 9.58. The number of hydrogen-bond donors (Lipinski definition) is 1. The van der Waals surface area contributed by atoms with Crippen molar-refractivity contribution in [2.45, 2.75) is 19.3 Å². The highest BCUT2D eigenvalue weighted by atomic mass is 19.1. The van der Waals surface area contributed by atoms with E-state index >= 15 is 0 Å². The summed E-state index contributed by atoms with van der Waals surface area (Å²) in [6, 6.07) is 12.9. The number of halogens is 1. The summed E-state index contributed by atoms with van der Waals surface area (Å²) in [7, 11) is 0. The number of aromatic nitrogens is 4. The molecule has 0 aliphatic heterocycles. The number of hydrogen-bond acceptors (Lipinski definition) is 7. The van der Waals surface area contributed by atoms with E-state index in [9.17, 15) is 9.18 Å². The van der Waals surface area contributed by atoms with Crippen molar-refractivity contribution in [3.63, 3.8) is 0 Å². The van der Waals surface area contributed by atoms with Crippen LogP contribution >= 0.6 is 0 Å². The van der Waals surface area contributed by atoms with Crippen molar-refractivity contribution in [1.29, 1.82) is 0 Å². The van der Waals surface area contributed by atoms with Crippen molar-refractivity contribution in [3.05, 3.63) is 78.8 Å². The van der Waals surface area contributed by atoms with E-state index in [1.165, 1.54) is 24.5 Å². The minimum atomic E-state index is -0.329. The highest BCUT2D eigenvalue weighted by Crippen LogP contribution is 2.22. The van der Waals surface area contributed by atoms with Crippen molar-refractivity contribution >= 4 is 11.6 Å². The minimum Gasteiger partial charge on any atom is -0.437 e. The van der Waals surface area contributed by atoms with Gasteiger partial charge >= 0.3 is 0 Å². The number of anilines is 1. The molecule has 2 aromatic heterocycles. The number of carbonyl (C=O) groups excluding carboxylic acids is 1. The van der Waals surface area contributed by atoms with E-state index in [2.05, 4.69) is 25.4 Å². The SMILES string of the molecule is O=C(CCCc1nc(-c2ccc(F)cc2)no1)Nc1cccc(Oc2cnccn2)c1. The van der Waals surface area contributed by atoms with Gasteiger partial charge in [-0.15, -0.1) is 0 Å². The molecule has 0 radical (unpaired) electrons. The van der Waals surface area contributed by atoms with Gasteiger partial charge in [-0.25, -0.2) is 9.37 Å². The number of nitrogens with one attached hydrogen (secondary N) is 1. The fraction of sp³-hybridized carbons (Fsp3) is 0.136. The quantitative estimate of drug-likeness (QED) is 0.451. The number of amides is 1. The lowest BCUT2D eigenvalue weighted by Crippen LogP contribution is -2.11. The van der Waals surface area contributed by atoms with Gasteiger partial charge in [-0.3, -0.25) is 9.78 Å². The van der Waals surface area contributed by atoms with E-state index in [4.69, 9.17) is 9.26 Å². The zero-order valence-electron chi connectivity index (χ0n) is 16.4. The minimum absolute atomic E-state index is 0.144. The molecule has 8 nitrogen and oxygen atoms in total. The van der Waals surface area contributed by atoms with Crippen molar-refractivity contribution in [2.75, 3.05) is 5.32 Å². The van der Waals surface area contributed by atoms with Gasteiger partial charge in [0.1, 0.15) is 11.6 Å². The standard InChI is InChI=1S/C22H18FN5O3/c23-16-9-7-15(8-10-16)22-27-20(31-28-22)6-2-5-19(29)26-17-3-1-4-18(13-17)30-21-14-24-11-12-25-21/h1,3-4,7-14H,2,5-6H2,(H,26,29). The number of ether oxygens (including phenoxy) is 1. The fourth-order valence-electron chi connectivity index (χ4n) is 2.79. The van der Waals surface area contributed by atoms with Crippen LogP contribution in [0, 0.1) is 5.82 Å². The topological polar surface area (TPSA) is 103 Å². The second kappa shape index (κ2) is 9.57. The van der Waals surface area contributed by atoms with Gasteiger partial charge < -0.3 is 14.6 Å². The molecule has 0 spiro atoms. The van der Waals surface area contributed by atoms with Gasteiger partial charge in [0, 0.05) is 42.6 Å². The number of nitrogens with zero attached hydrogens (tertiary/aromatic N) is 4. The van der Waals surface area contributed by atoms with Crippen LogP contribution in [0.1, 0.15) is 18.7 Å². The highest BCUT2D eigenvalue weighted by Gasteiger charge is 2.10. The predicted octanol–water partition coefficient (Wildman–Crippen LogP) is 4.42. The summed E-state index contributed by atoms with van der Waals surface area (Å²) in [5.74, 6) is 1.24. The molecule has 31 heavy (non-hydrogen) atoms. The molecule has 2 aromatic carbocycles. The molecular weight excluding hydrogens is 401 g/mol. The third-order valence-corrected chi connectivity index (χ3v) is 4.24. The second-order valence-corrected chi connectivity index (χ2v) is 6.59. The van der Waals surface area contributed by atoms with E-state index in [1.807, 2.05) is 0 Å². The van der Waals surface area contributed by atoms with Crippen LogP contribution in [0.15, 0.2) is 71.6 Å². The van der Waals surface area contributed by atoms with Crippen LogP contribution in [0.5, 0.6) is 11.6 Å². The monoisotopic (exact) mass is 419 g/mol. The Morgan fingerprint density at radius 2 is 2.00 bits per heavy atom. The molecule has 0 unspecified atom stereocenters. The van der Waals surface area contributed by atoms with E-state index < -0.39 is 0 Å². The molecular formula is C22H18FN5O3. The van der Waals surface area contributed by atoms with Gasteiger partial charge in [0.05, 0.1) is 6.20 Å². The summed E-state index contributed by atoms with van der Waals surface area (Å²) in [6.07, 6.45) is 5.87. The summed E-state index contributed by atoms with van der Waals surface area (Å²) in [5, 5.41) is 6.73. The van der Waals surface area contributed by atoms with E-state index in [0.29, 0.717) is 47.4 Å². The first-order chi connectivity index (χ1) is 15.2. The molecule has 0 saturated carbocycles. The fourth-order valence-corrected chi connectivity index (χ4v) is 2.79. The molecule has 0 atom stereocenters. The third kappa shape index (κ3) is 5.69. The molecule has 0 bridgehead atoms. The van der Waals surface area contributed by atoms with Gasteiger partial charge in [0.25, 0.3) is 0 Å². The number of carbonyl (C=O) groups is 1. The zero-order valence-corrected chi connectivity index (χ0v) is 16.4. The highest BCUT2D eigenvalue weighted by molar-refractivity contribution is 5.90. The molecule has 0 saturated heterocycles. The summed E-state index contributed by atoms with van der Waals surface area (Å²) in [6.45, 7) is 0. The lowest BCUT2D eigenvalue weighted by Gasteiger charge is -2.08. The molecule has 0 aliphatic rings. The Kier molecular flexibility index (Phi) is 6.22. The summed E-state index contributed by atoms with van der Waals surface area (Å²) >= 11 is 0. The molecule has 1 N–H and O–H groups in total. The lowest BCUT2D eigenvalue weighted by molar-refractivity contribution is -0.116. The molecule has 4 aromatic rings.